The van der Waals surface area contributed by atoms with Gasteiger partial charge in [0.1, 0.15) is 5.41 Å². The topological polar surface area (TPSA) is 81.1 Å². The van der Waals surface area contributed by atoms with Gasteiger partial charge in [0.2, 0.25) is 0 Å². The smallest absolute Gasteiger partial charge is 0.316 e. The summed E-state index contributed by atoms with van der Waals surface area (Å²) in [6.07, 6.45) is 5.77. The third kappa shape index (κ3) is 2.51. The van der Waals surface area contributed by atoms with E-state index < -0.39 is 11.4 Å². The van der Waals surface area contributed by atoms with E-state index in [0.29, 0.717) is 23.7 Å². The van der Waals surface area contributed by atoms with E-state index in [1.807, 2.05) is 16.7 Å². The normalized spacial score (nSPS) is 23.5. The van der Waals surface area contributed by atoms with Crippen LogP contribution < -0.4 is 5.73 Å². The van der Waals surface area contributed by atoms with Gasteiger partial charge < -0.3 is 15.4 Å². The lowest BCUT2D eigenvalue weighted by Crippen LogP contribution is -2.23. The van der Waals surface area contributed by atoms with Crippen molar-refractivity contribution in [1.82, 2.24) is 9.55 Å². The molecule has 1 aliphatic rings. The summed E-state index contributed by atoms with van der Waals surface area (Å²) in [7, 11) is 0. The molecule has 0 bridgehead atoms. The van der Waals surface area contributed by atoms with Gasteiger partial charge in [0.25, 0.3) is 0 Å². The molecular weight excluding hydrogens is 302 g/mol. The van der Waals surface area contributed by atoms with Gasteiger partial charge in [-0.05, 0) is 56.0 Å². The number of halogens is 1. The van der Waals surface area contributed by atoms with E-state index in [9.17, 15) is 9.90 Å². The van der Waals surface area contributed by atoms with Crippen molar-refractivity contribution in [3.8, 4) is 5.69 Å². The Morgan fingerprint density at radius 3 is 2.82 bits per heavy atom. The standard InChI is InChI=1S/C16H18ClN3O2/c17-12-3-5-13(6-4-12)20-9-14(19-10-20)16(15(21)22)8-11(16)2-1-7-18/h3-6,9-11H,1-2,7-8,18H2,(H,21,22)/t11-,16+/m1/s1. The lowest BCUT2D eigenvalue weighted by molar-refractivity contribution is -0.140. The fourth-order valence-corrected chi connectivity index (χ4v) is 3.16. The van der Waals surface area contributed by atoms with Gasteiger partial charge in [0.05, 0.1) is 12.0 Å². The van der Waals surface area contributed by atoms with E-state index in [1.165, 1.54) is 0 Å². The minimum atomic E-state index is -0.840. The van der Waals surface area contributed by atoms with E-state index in [1.54, 1.807) is 24.7 Å². The van der Waals surface area contributed by atoms with Crippen molar-refractivity contribution in [1.29, 1.82) is 0 Å². The Kier molecular flexibility index (Phi) is 3.93. The van der Waals surface area contributed by atoms with Crippen molar-refractivity contribution in [2.24, 2.45) is 11.7 Å². The molecule has 0 unspecified atom stereocenters. The van der Waals surface area contributed by atoms with E-state index in [2.05, 4.69) is 4.98 Å². The number of aromatic nitrogens is 2. The molecule has 0 radical (unpaired) electrons. The van der Waals surface area contributed by atoms with Crippen LogP contribution in [0.2, 0.25) is 5.02 Å². The first-order valence-electron chi connectivity index (χ1n) is 7.32. The average molecular weight is 320 g/mol. The fourth-order valence-electron chi connectivity index (χ4n) is 3.04. The van der Waals surface area contributed by atoms with E-state index in [4.69, 9.17) is 17.3 Å². The van der Waals surface area contributed by atoms with Crippen molar-refractivity contribution in [2.75, 3.05) is 6.54 Å². The summed E-state index contributed by atoms with van der Waals surface area (Å²) >= 11 is 5.88. The lowest BCUT2D eigenvalue weighted by atomic mass is 9.98. The summed E-state index contributed by atoms with van der Waals surface area (Å²) in [5.74, 6) is -0.669. The summed E-state index contributed by atoms with van der Waals surface area (Å²) in [5, 5.41) is 10.3. The highest BCUT2D eigenvalue weighted by atomic mass is 35.5. The van der Waals surface area contributed by atoms with E-state index in [0.717, 1.165) is 18.5 Å². The zero-order valence-corrected chi connectivity index (χ0v) is 12.8. The number of imidazole rings is 1. The summed E-state index contributed by atoms with van der Waals surface area (Å²) in [6.45, 7) is 0.589. The summed E-state index contributed by atoms with van der Waals surface area (Å²) in [6, 6.07) is 7.34. The number of benzene rings is 1. The number of hydrogen-bond acceptors (Lipinski definition) is 3. The highest BCUT2D eigenvalue weighted by Gasteiger charge is 2.62. The van der Waals surface area contributed by atoms with Gasteiger partial charge in [0.15, 0.2) is 0 Å². The number of rotatable bonds is 6. The van der Waals surface area contributed by atoms with Crippen molar-refractivity contribution in [3.05, 3.63) is 47.5 Å². The van der Waals surface area contributed by atoms with Crippen LogP contribution in [-0.2, 0) is 10.2 Å². The maximum Gasteiger partial charge on any atom is 0.316 e. The van der Waals surface area contributed by atoms with Gasteiger partial charge in [-0.2, -0.15) is 0 Å². The third-order valence-electron chi connectivity index (χ3n) is 4.41. The van der Waals surface area contributed by atoms with Gasteiger partial charge >= 0.3 is 5.97 Å². The number of nitrogens with zero attached hydrogens (tertiary/aromatic N) is 2. The van der Waals surface area contributed by atoms with Crippen LogP contribution in [0, 0.1) is 5.92 Å². The summed E-state index contributed by atoms with van der Waals surface area (Å²) in [4.78, 5) is 16.1. The molecule has 1 fully saturated rings. The molecular formula is C16H18ClN3O2. The molecule has 2 aromatic rings. The maximum absolute atomic E-state index is 11.8. The molecule has 1 saturated carbocycles. The molecule has 116 valence electrons. The molecule has 0 aliphatic heterocycles. The van der Waals surface area contributed by atoms with Crippen LogP contribution in [0.3, 0.4) is 0 Å². The molecule has 6 heteroatoms. The molecule has 22 heavy (non-hydrogen) atoms. The quantitative estimate of drug-likeness (QED) is 0.857. The van der Waals surface area contributed by atoms with Crippen molar-refractivity contribution in [3.63, 3.8) is 0 Å². The predicted octanol–water partition coefficient (Wildman–Crippen LogP) is 2.61. The van der Waals surface area contributed by atoms with Gasteiger partial charge in [-0.25, -0.2) is 4.98 Å². The molecule has 3 N–H and O–H groups in total. The molecule has 1 aromatic carbocycles. The number of carboxylic acids is 1. The minimum Gasteiger partial charge on any atom is -0.481 e. The number of carboxylic acid groups (broad SMARTS) is 1. The van der Waals surface area contributed by atoms with Crippen molar-refractivity contribution >= 4 is 17.6 Å². The molecule has 5 nitrogen and oxygen atoms in total. The van der Waals surface area contributed by atoms with Crippen molar-refractivity contribution in [2.45, 2.75) is 24.7 Å². The fraction of sp³-hybridized carbons (Fsp3) is 0.375. The van der Waals surface area contributed by atoms with E-state index in [-0.39, 0.29) is 5.92 Å². The molecule has 1 aromatic heterocycles. The SMILES string of the molecule is NCCC[C@@H]1C[C@@]1(C(=O)O)c1cn(-c2ccc(Cl)cc2)cn1. The predicted molar refractivity (Wildman–Crippen MR) is 84.3 cm³/mol. The zero-order valence-electron chi connectivity index (χ0n) is 12.1. The van der Waals surface area contributed by atoms with Crippen LogP contribution in [0.5, 0.6) is 0 Å². The first kappa shape index (κ1) is 15.1. The number of nitrogens with two attached hydrogens (primary N) is 1. The van der Waals surface area contributed by atoms with Gasteiger partial charge in [-0.1, -0.05) is 11.6 Å². The Bertz CT molecular complexity index is 683. The van der Waals surface area contributed by atoms with Gasteiger partial charge in [-0.15, -0.1) is 0 Å². The molecule has 0 saturated heterocycles. The number of aliphatic carboxylic acids is 1. The molecule has 1 heterocycles. The van der Waals surface area contributed by atoms with E-state index >= 15 is 0 Å². The second-order valence-electron chi connectivity index (χ2n) is 5.75. The second-order valence-corrected chi connectivity index (χ2v) is 6.19. The summed E-state index contributed by atoms with van der Waals surface area (Å²) < 4.78 is 1.83. The largest absolute Gasteiger partial charge is 0.481 e. The molecule has 0 amide bonds. The Morgan fingerprint density at radius 1 is 1.45 bits per heavy atom. The maximum atomic E-state index is 11.8. The summed E-state index contributed by atoms with van der Waals surface area (Å²) in [5.41, 5.74) is 6.21. The van der Waals surface area contributed by atoms with Crippen LogP contribution in [-0.4, -0.2) is 27.2 Å². The van der Waals surface area contributed by atoms with Crippen molar-refractivity contribution < 1.29 is 9.90 Å². The molecule has 1 aliphatic carbocycles. The van der Waals surface area contributed by atoms with Gasteiger partial charge in [0, 0.05) is 16.9 Å². The van der Waals surface area contributed by atoms with Crippen LogP contribution in [0.15, 0.2) is 36.8 Å². The van der Waals surface area contributed by atoms with Crippen LogP contribution in [0.1, 0.15) is 25.0 Å². The Labute approximate surface area is 133 Å². The highest BCUT2D eigenvalue weighted by Crippen LogP contribution is 2.56. The Morgan fingerprint density at radius 2 is 2.18 bits per heavy atom. The molecule has 2 atom stereocenters. The first-order valence-corrected chi connectivity index (χ1v) is 7.69. The zero-order chi connectivity index (χ0) is 15.7. The minimum absolute atomic E-state index is 0.127. The molecule has 0 spiro atoms. The highest BCUT2D eigenvalue weighted by molar-refractivity contribution is 6.30. The first-order chi connectivity index (χ1) is 10.6. The van der Waals surface area contributed by atoms with Gasteiger partial charge in [-0.3, -0.25) is 4.79 Å². The van der Waals surface area contributed by atoms with Crippen LogP contribution in [0.25, 0.3) is 5.69 Å². The Balaban J connectivity index is 1.86. The monoisotopic (exact) mass is 319 g/mol. The second kappa shape index (κ2) is 5.74. The number of carbonyl (C=O) groups is 1. The third-order valence-corrected chi connectivity index (χ3v) is 4.66. The van der Waals surface area contributed by atoms with Crippen LogP contribution in [0.4, 0.5) is 0 Å². The lowest BCUT2D eigenvalue weighted by Gasteiger charge is -2.09. The Hall–Kier alpha value is -1.85. The molecule has 3 rings (SSSR count). The number of hydrogen-bond donors (Lipinski definition) is 2. The average Bonchev–Trinajstić information content (AvgIpc) is 3.04. The van der Waals surface area contributed by atoms with Crippen LogP contribution >= 0.6 is 11.6 Å².